The van der Waals surface area contributed by atoms with E-state index in [2.05, 4.69) is 17.5 Å². The minimum absolute atomic E-state index is 0.392. The van der Waals surface area contributed by atoms with Crippen molar-refractivity contribution in [2.24, 2.45) is 5.90 Å². The molecule has 0 aliphatic rings. The van der Waals surface area contributed by atoms with Crippen LogP contribution in [0.3, 0.4) is 0 Å². The van der Waals surface area contributed by atoms with Gasteiger partial charge >= 0.3 is 0 Å². The monoisotopic (exact) mass is 121 g/mol. The first-order chi connectivity index (χ1) is 3.27. The van der Waals surface area contributed by atoms with E-state index >= 15 is 0 Å². The molecular weight excluding hydrogens is 110 g/mol. The third-order valence-electron chi connectivity index (χ3n) is 0.653. The molecule has 0 amide bonds. The summed E-state index contributed by atoms with van der Waals surface area (Å²) >= 11 is 4.10. The van der Waals surface area contributed by atoms with Gasteiger partial charge in [-0.1, -0.05) is 6.92 Å². The van der Waals surface area contributed by atoms with Crippen LogP contribution in [0.2, 0.25) is 0 Å². The molecule has 0 fully saturated rings. The van der Waals surface area contributed by atoms with Gasteiger partial charge in [-0.2, -0.15) is 12.6 Å². The van der Waals surface area contributed by atoms with Gasteiger partial charge in [0.05, 0.1) is 6.61 Å². The van der Waals surface area contributed by atoms with Crippen LogP contribution in [0.5, 0.6) is 0 Å². The fourth-order valence-corrected chi connectivity index (χ4v) is 0.344. The topological polar surface area (TPSA) is 35.2 Å². The second kappa shape index (κ2) is 4.43. The predicted molar refractivity (Wildman–Crippen MR) is 33.2 cm³/mol. The molecule has 0 aromatic heterocycles. The Morgan fingerprint density at radius 3 is 2.57 bits per heavy atom. The van der Waals surface area contributed by atoms with Crippen molar-refractivity contribution in [1.82, 2.24) is 0 Å². The summed E-state index contributed by atoms with van der Waals surface area (Å²) in [4.78, 5) is 4.30. The number of thiol groups is 1. The van der Waals surface area contributed by atoms with E-state index < -0.39 is 0 Å². The molecule has 2 nitrogen and oxygen atoms in total. The summed E-state index contributed by atoms with van der Waals surface area (Å²) in [6.07, 6.45) is 0.916. The lowest BCUT2D eigenvalue weighted by atomic mass is 10.3. The fourth-order valence-electron chi connectivity index (χ4n) is 0.239. The van der Waals surface area contributed by atoms with E-state index in [0.717, 1.165) is 6.42 Å². The largest absolute Gasteiger partial charge is 0.305 e. The molecule has 0 spiro atoms. The van der Waals surface area contributed by atoms with Crippen LogP contribution in [0.4, 0.5) is 0 Å². The molecule has 44 valence electrons. The lowest BCUT2D eigenvalue weighted by Crippen LogP contribution is -2.04. The zero-order valence-corrected chi connectivity index (χ0v) is 5.32. The van der Waals surface area contributed by atoms with E-state index in [4.69, 9.17) is 5.90 Å². The lowest BCUT2D eigenvalue weighted by Gasteiger charge is -1.98. The molecule has 0 aromatic rings. The third kappa shape index (κ3) is 6.27. The zero-order valence-electron chi connectivity index (χ0n) is 4.42. The molecule has 1 atom stereocenters. The second-order valence-electron chi connectivity index (χ2n) is 1.51. The van der Waals surface area contributed by atoms with Crippen LogP contribution in [0.25, 0.3) is 0 Å². The van der Waals surface area contributed by atoms with Gasteiger partial charge in [-0.3, -0.25) is 0 Å². The Morgan fingerprint density at radius 2 is 2.43 bits per heavy atom. The van der Waals surface area contributed by atoms with Crippen molar-refractivity contribution < 1.29 is 4.84 Å². The van der Waals surface area contributed by atoms with Gasteiger partial charge in [-0.05, 0) is 6.42 Å². The molecule has 7 heavy (non-hydrogen) atoms. The number of hydrogen-bond acceptors (Lipinski definition) is 3. The lowest BCUT2D eigenvalue weighted by molar-refractivity contribution is 0.136. The fraction of sp³-hybridized carbons (Fsp3) is 1.00. The molecule has 2 N–H and O–H groups in total. The smallest absolute Gasteiger partial charge is 0.0689 e. The Labute approximate surface area is 49.4 Å². The molecule has 0 aliphatic heterocycles. The van der Waals surface area contributed by atoms with Crippen molar-refractivity contribution in [2.45, 2.75) is 18.6 Å². The Bertz CT molecular complexity index is 40.7. The minimum Gasteiger partial charge on any atom is -0.305 e. The highest BCUT2D eigenvalue weighted by Crippen LogP contribution is 1.96. The average Bonchev–Trinajstić information content (AvgIpc) is 1.61. The molecule has 1 unspecified atom stereocenters. The van der Waals surface area contributed by atoms with Crippen molar-refractivity contribution in [3.8, 4) is 0 Å². The summed E-state index contributed by atoms with van der Waals surface area (Å²) in [6.45, 7) is 2.60. The van der Waals surface area contributed by atoms with Crippen molar-refractivity contribution in [2.75, 3.05) is 6.61 Å². The molecular formula is C4H11NOS. The van der Waals surface area contributed by atoms with Gasteiger partial charge in [0, 0.05) is 5.25 Å². The van der Waals surface area contributed by atoms with Gasteiger partial charge in [-0.15, -0.1) is 0 Å². The summed E-state index contributed by atoms with van der Waals surface area (Å²) in [5.41, 5.74) is 0. The molecule has 0 aliphatic carbocycles. The minimum atomic E-state index is 0.392. The molecule has 0 radical (unpaired) electrons. The van der Waals surface area contributed by atoms with Gasteiger partial charge in [0.1, 0.15) is 0 Å². The number of hydrogen-bond donors (Lipinski definition) is 2. The Balaban J connectivity index is 2.68. The first-order valence-corrected chi connectivity index (χ1v) is 2.78. The third-order valence-corrected chi connectivity index (χ3v) is 0.912. The van der Waals surface area contributed by atoms with E-state index in [1.165, 1.54) is 0 Å². The molecule has 0 aromatic carbocycles. The summed E-state index contributed by atoms with van der Waals surface area (Å²) in [5, 5.41) is 0.392. The number of nitrogens with two attached hydrogens (primary N) is 1. The van der Waals surface area contributed by atoms with Crippen molar-refractivity contribution >= 4 is 12.6 Å². The maximum atomic E-state index is 4.74. The predicted octanol–water partition coefficient (Wildman–Crippen LogP) is 0.585. The van der Waals surface area contributed by atoms with Crippen LogP contribution in [-0.4, -0.2) is 11.9 Å². The van der Waals surface area contributed by atoms with E-state index in [1.807, 2.05) is 6.92 Å². The van der Waals surface area contributed by atoms with Crippen LogP contribution < -0.4 is 5.90 Å². The summed E-state index contributed by atoms with van der Waals surface area (Å²) in [6, 6.07) is 0. The molecule has 0 rings (SSSR count). The van der Waals surface area contributed by atoms with Gasteiger partial charge in [0.15, 0.2) is 0 Å². The molecule has 0 saturated heterocycles. The van der Waals surface area contributed by atoms with Crippen LogP contribution in [0, 0.1) is 0 Å². The molecule has 0 heterocycles. The van der Waals surface area contributed by atoms with Crippen LogP contribution in [0.15, 0.2) is 0 Å². The highest BCUT2D eigenvalue weighted by Gasteiger charge is 1.90. The summed E-state index contributed by atoms with van der Waals surface area (Å²) in [7, 11) is 0. The van der Waals surface area contributed by atoms with Crippen LogP contribution in [0.1, 0.15) is 13.3 Å². The van der Waals surface area contributed by atoms with Crippen molar-refractivity contribution in [1.29, 1.82) is 0 Å². The Hall–Kier alpha value is 0.270. The highest BCUT2D eigenvalue weighted by atomic mass is 32.1. The van der Waals surface area contributed by atoms with Crippen LogP contribution in [-0.2, 0) is 4.84 Å². The van der Waals surface area contributed by atoms with E-state index in [9.17, 15) is 0 Å². The highest BCUT2D eigenvalue weighted by molar-refractivity contribution is 7.80. The van der Waals surface area contributed by atoms with Crippen LogP contribution >= 0.6 is 12.6 Å². The first-order valence-electron chi connectivity index (χ1n) is 2.27. The second-order valence-corrected chi connectivity index (χ2v) is 2.39. The Kier molecular flexibility index (Phi) is 4.60. The average molecular weight is 121 g/mol. The first kappa shape index (κ1) is 7.27. The standard InChI is InChI=1S/C4H11NOS/c1-4(7)2-3-6-5/h4,7H,2-3,5H2,1H3. The Morgan fingerprint density at radius 1 is 1.86 bits per heavy atom. The normalized spacial score (nSPS) is 14.1. The van der Waals surface area contributed by atoms with E-state index in [0.29, 0.717) is 11.9 Å². The van der Waals surface area contributed by atoms with E-state index in [-0.39, 0.29) is 0 Å². The summed E-state index contributed by atoms with van der Waals surface area (Å²) in [5.74, 6) is 4.74. The van der Waals surface area contributed by atoms with Gasteiger partial charge in [0.25, 0.3) is 0 Å². The summed E-state index contributed by atoms with van der Waals surface area (Å²) < 4.78 is 0. The quantitative estimate of drug-likeness (QED) is 0.423. The van der Waals surface area contributed by atoms with Gasteiger partial charge < -0.3 is 4.84 Å². The zero-order chi connectivity index (χ0) is 5.70. The van der Waals surface area contributed by atoms with Crippen molar-refractivity contribution in [3.63, 3.8) is 0 Å². The van der Waals surface area contributed by atoms with Gasteiger partial charge in [-0.25, -0.2) is 5.90 Å². The molecule has 0 bridgehead atoms. The molecule has 0 saturated carbocycles. The maximum Gasteiger partial charge on any atom is 0.0689 e. The SMILES string of the molecule is CC(S)CCON. The maximum absolute atomic E-state index is 4.74. The number of rotatable bonds is 3. The van der Waals surface area contributed by atoms with Crippen molar-refractivity contribution in [3.05, 3.63) is 0 Å². The molecule has 3 heteroatoms. The van der Waals surface area contributed by atoms with E-state index in [1.54, 1.807) is 0 Å². The van der Waals surface area contributed by atoms with Gasteiger partial charge in [0.2, 0.25) is 0 Å².